The number of aryl methyl sites for hydroxylation is 1. The molecule has 1 saturated carbocycles. The van der Waals surface area contributed by atoms with Gasteiger partial charge in [-0.2, -0.15) is 5.10 Å². The molecule has 6 heteroatoms. The van der Waals surface area contributed by atoms with Crippen molar-refractivity contribution in [3.05, 3.63) is 52.2 Å². The summed E-state index contributed by atoms with van der Waals surface area (Å²) in [5.74, 6) is 1.44. The molecule has 0 spiro atoms. The molecule has 2 fully saturated rings. The molecule has 1 saturated heterocycles. The minimum absolute atomic E-state index is 0.0191. The summed E-state index contributed by atoms with van der Waals surface area (Å²) in [6.45, 7) is 3.37. The van der Waals surface area contributed by atoms with Crippen molar-refractivity contribution in [2.24, 2.45) is 7.05 Å². The van der Waals surface area contributed by atoms with Gasteiger partial charge in [-0.1, -0.05) is 30.3 Å². The van der Waals surface area contributed by atoms with Crippen molar-refractivity contribution in [1.82, 2.24) is 19.2 Å². The van der Waals surface area contributed by atoms with Crippen molar-refractivity contribution >= 4 is 5.91 Å². The van der Waals surface area contributed by atoms with E-state index in [9.17, 15) is 9.59 Å². The molecule has 2 aliphatic rings. The Morgan fingerprint density at radius 3 is 2.38 bits per heavy atom. The molecule has 1 aromatic carbocycles. The van der Waals surface area contributed by atoms with Gasteiger partial charge in [0.2, 0.25) is 5.91 Å². The van der Waals surface area contributed by atoms with Crippen molar-refractivity contribution in [2.75, 3.05) is 13.1 Å². The first-order valence-electron chi connectivity index (χ1n) is 9.55. The van der Waals surface area contributed by atoms with E-state index in [0.717, 1.165) is 37.1 Å². The highest BCUT2D eigenvalue weighted by molar-refractivity contribution is 5.83. The SMILES string of the molecule is CC(C(=O)N1CCC(n2c(C3CC3)nn(C)c2=O)CC1)c1ccccc1. The van der Waals surface area contributed by atoms with Crippen molar-refractivity contribution < 1.29 is 4.79 Å². The monoisotopic (exact) mass is 354 g/mol. The molecule has 0 bridgehead atoms. The highest BCUT2D eigenvalue weighted by Gasteiger charge is 2.35. The zero-order chi connectivity index (χ0) is 18.3. The lowest BCUT2D eigenvalue weighted by Gasteiger charge is -2.34. The van der Waals surface area contributed by atoms with E-state index in [0.29, 0.717) is 19.0 Å². The van der Waals surface area contributed by atoms with E-state index in [1.54, 1.807) is 7.05 Å². The molecule has 2 heterocycles. The summed E-state index contributed by atoms with van der Waals surface area (Å²) in [6, 6.07) is 10.1. The standard InChI is InChI=1S/C20H26N4O2/c1-14(15-6-4-3-5-7-15)19(25)23-12-10-17(11-13-23)24-18(16-8-9-16)21-22(2)20(24)26/h3-7,14,16-17H,8-13H2,1-2H3. The molecule has 1 amide bonds. The Kier molecular flexibility index (Phi) is 4.42. The van der Waals surface area contributed by atoms with E-state index in [2.05, 4.69) is 5.10 Å². The molecule has 2 aromatic rings. The number of benzene rings is 1. The first-order valence-corrected chi connectivity index (χ1v) is 9.55. The van der Waals surface area contributed by atoms with Gasteiger partial charge in [0, 0.05) is 32.1 Å². The maximum Gasteiger partial charge on any atom is 0.345 e. The highest BCUT2D eigenvalue weighted by Crippen LogP contribution is 2.40. The van der Waals surface area contributed by atoms with E-state index >= 15 is 0 Å². The largest absolute Gasteiger partial charge is 0.345 e. The molecule has 4 rings (SSSR count). The Labute approximate surface area is 153 Å². The molecule has 1 aliphatic heterocycles. The maximum atomic E-state index is 12.8. The Bertz CT molecular complexity index is 842. The van der Waals surface area contributed by atoms with Crippen LogP contribution in [0.15, 0.2) is 35.1 Å². The lowest BCUT2D eigenvalue weighted by atomic mass is 9.97. The average molecular weight is 354 g/mol. The molecule has 1 aliphatic carbocycles. The van der Waals surface area contributed by atoms with Gasteiger partial charge in [0.1, 0.15) is 5.82 Å². The molecule has 0 radical (unpaired) electrons. The highest BCUT2D eigenvalue weighted by atomic mass is 16.2. The van der Waals surface area contributed by atoms with Gasteiger partial charge in [-0.05, 0) is 38.2 Å². The molecule has 1 unspecified atom stereocenters. The number of carbonyl (C=O) groups excluding carboxylic acids is 1. The van der Waals surface area contributed by atoms with Crippen LogP contribution in [0.3, 0.4) is 0 Å². The van der Waals surface area contributed by atoms with Crippen LogP contribution < -0.4 is 5.69 Å². The predicted molar refractivity (Wildman–Crippen MR) is 99.2 cm³/mol. The molecule has 1 atom stereocenters. The lowest BCUT2D eigenvalue weighted by molar-refractivity contribution is -0.133. The fourth-order valence-corrected chi connectivity index (χ4v) is 3.96. The quantitative estimate of drug-likeness (QED) is 0.847. The smallest absolute Gasteiger partial charge is 0.342 e. The molecular weight excluding hydrogens is 328 g/mol. The van der Waals surface area contributed by atoms with Crippen LogP contribution in [0.1, 0.15) is 61.9 Å². The Morgan fingerprint density at radius 2 is 1.77 bits per heavy atom. The van der Waals surface area contributed by atoms with E-state index in [4.69, 9.17) is 0 Å². The van der Waals surface area contributed by atoms with E-state index in [1.807, 2.05) is 46.7 Å². The third-order valence-corrected chi connectivity index (χ3v) is 5.74. The molecule has 1 aromatic heterocycles. The van der Waals surface area contributed by atoms with Crippen LogP contribution in [0.4, 0.5) is 0 Å². The Hall–Kier alpha value is -2.37. The van der Waals surface area contributed by atoms with Gasteiger partial charge in [0.05, 0.1) is 5.92 Å². The first kappa shape index (κ1) is 17.1. The number of piperidine rings is 1. The maximum absolute atomic E-state index is 12.8. The van der Waals surface area contributed by atoms with Gasteiger partial charge in [-0.15, -0.1) is 0 Å². The van der Waals surface area contributed by atoms with Gasteiger partial charge in [0.25, 0.3) is 0 Å². The van der Waals surface area contributed by atoms with Crippen molar-refractivity contribution in [3.63, 3.8) is 0 Å². The number of hydrogen-bond donors (Lipinski definition) is 0. The minimum atomic E-state index is -0.129. The summed E-state index contributed by atoms with van der Waals surface area (Å²) in [6.07, 6.45) is 3.89. The number of aromatic nitrogens is 3. The van der Waals surface area contributed by atoms with Crippen LogP contribution in [0.5, 0.6) is 0 Å². The first-order chi connectivity index (χ1) is 12.6. The summed E-state index contributed by atoms with van der Waals surface area (Å²) in [5, 5.41) is 4.46. The van der Waals surface area contributed by atoms with Gasteiger partial charge < -0.3 is 4.90 Å². The topological polar surface area (TPSA) is 60.1 Å². The molecule has 0 N–H and O–H groups in total. The van der Waals surface area contributed by atoms with Crippen LogP contribution >= 0.6 is 0 Å². The number of likely N-dealkylation sites (tertiary alicyclic amines) is 1. The summed E-state index contributed by atoms with van der Waals surface area (Å²) in [4.78, 5) is 27.3. The van der Waals surface area contributed by atoms with Crippen LogP contribution in [0, 0.1) is 0 Å². The molecule has 26 heavy (non-hydrogen) atoms. The van der Waals surface area contributed by atoms with Gasteiger partial charge >= 0.3 is 5.69 Å². The van der Waals surface area contributed by atoms with Crippen LogP contribution in [-0.4, -0.2) is 38.2 Å². The summed E-state index contributed by atoms with van der Waals surface area (Å²) in [5.41, 5.74) is 1.04. The number of amides is 1. The fourth-order valence-electron chi connectivity index (χ4n) is 3.96. The number of nitrogens with zero attached hydrogens (tertiary/aromatic N) is 4. The van der Waals surface area contributed by atoms with Gasteiger partial charge in [-0.25, -0.2) is 9.48 Å². The molecular formula is C20H26N4O2. The lowest BCUT2D eigenvalue weighted by Crippen LogP contribution is -2.42. The van der Waals surface area contributed by atoms with E-state index in [-0.39, 0.29) is 23.6 Å². The van der Waals surface area contributed by atoms with Gasteiger partial charge in [-0.3, -0.25) is 9.36 Å². The van der Waals surface area contributed by atoms with E-state index < -0.39 is 0 Å². The van der Waals surface area contributed by atoms with Crippen molar-refractivity contribution in [2.45, 2.75) is 50.5 Å². The fraction of sp³-hybridized carbons (Fsp3) is 0.550. The zero-order valence-electron chi connectivity index (χ0n) is 15.5. The van der Waals surface area contributed by atoms with Crippen LogP contribution in [0.2, 0.25) is 0 Å². The number of rotatable bonds is 4. The Morgan fingerprint density at radius 1 is 1.12 bits per heavy atom. The third-order valence-electron chi connectivity index (χ3n) is 5.74. The molecule has 6 nitrogen and oxygen atoms in total. The zero-order valence-corrected chi connectivity index (χ0v) is 15.5. The van der Waals surface area contributed by atoms with E-state index in [1.165, 1.54) is 4.68 Å². The van der Waals surface area contributed by atoms with Crippen LogP contribution in [0.25, 0.3) is 0 Å². The second kappa shape index (κ2) is 6.74. The van der Waals surface area contributed by atoms with Crippen LogP contribution in [-0.2, 0) is 11.8 Å². The summed E-state index contributed by atoms with van der Waals surface area (Å²) >= 11 is 0. The second-order valence-corrected chi connectivity index (χ2v) is 7.60. The normalized spacial score (nSPS) is 19.5. The number of hydrogen-bond acceptors (Lipinski definition) is 3. The second-order valence-electron chi connectivity index (χ2n) is 7.60. The molecule has 138 valence electrons. The van der Waals surface area contributed by atoms with Gasteiger partial charge in [0.15, 0.2) is 0 Å². The van der Waals surface area contributed by atoms with Crippen molar-refractivity contribution in [3.8, 4) is 0 Å². The summed E-state index contributed by atoms with van der Waals surface area (Å²) in [7, 11) is 1.73. The number of carbonyl (C=O) groups is 1. The third kappa shape index (κ3) is 3.08. The minimum Gasteiger partial charge on any atom is -0.342 e. The summed E-state index contributed by atoms with van der Waals surface area (Å²) < 4.78 is 3.36. The predicted octanol–water partition coefficient (Wildman–Crippen LogP) is 2.43. The Balaban J connectivity index is 1.45. The average Bonchev–Trinajstić information content (AvgIpc) is 3.48. The van der Waals surface area contributed by atoms with Crippen molar-refractivity contribution in [1.29, 1.82) is 0 Å².